The Morgan fingerprint density at radius 1 is 1.20 bits per heavy atom. The molecule has 0 aliphatic rings. The van der Waals surface area contributed by atoms with Gasteiger partial charge in [-0.25, -0.2) is 9.97 Å². The monoisotopic (exact) mass is 293 g/mol. The van der Waals surface area contributed by atoms with Gasteiger partial charge >= 0.3 is 0 Å². The highest BCUT2D eigenvalue weighted by Gasteiger charge is 2.12. The standard InChI is InChI=1S/C13H19N3S.C3H8/c1-4-6-7-9-10-8-15-13(14-3)16-12(10)17-11(9)5-2;1-3-2/h8H,4-7H2,1-3H3,(H,14,15,16);3H2,1-2H3. The molecule has 0 fully saturated rings. The van der Waals surface area contributed by atoms with E-state index < -0.39 is 0 Å². The van der Waals surface area contributed by atoms with E-state index in [0.29, 0.717) is 5.95 Å². The lowest BCUT2D eigenvalue weighted by atomic mass is 10.1. The molecule has 2 aromatic heterocycles. The second kappa shape index (κ2) is 8.90. The Bertz CT molecular complexity index is 520. The van der Waals surface area contributed by atoms with Gasteiger partial charge < -0.3 is 5.32 Å². The van der Waals surface area contributed by atoms with Gasteiger partial charge in [-0.05, 0) is 24.8 Å². The van der Waals surface area contributed by atoms with Crippen molar-refractivity contribution < 1.29 is 0 Å². The van der Waals surface area contributed by atoms with Crippen molar-refractivity contribution in [2.75, 3.05) is 12.4 Å². The molecule has 0 radical (unpaired) electrons. The summed E-state index contributed by atoms with van der Waals surface area (Å²) < 4.78 is 0. The third-order valence-corrected chi connectivity index (χ3v) is 4.25. The maximum absolute atomic E-state index is 4.53. The molecule has 2 heterocycles. The molecule has 112 valence electrons. The molecular weight excluding hydrogens is 266 g/mol. The second-order valence-electron chi connectivity index (χ2n) is 4.83. The Balaban J connectivity index is 0.000000612. The van der Waals surface area contributed by atoms with Crippen LogP contribution in [-0.2, 0) is 12.8 Å². The lowest BCUT2D eigenvalue weighted by molar-refractivity contribution is 0.794. The Hall–Kier alpha value is -1.16. The fourth-order valence-electron chi connectivity index (χ4n) is 2.01. The van der Waals surface area contributed by atoms with Gasteiger partial charge in [-0.1, -0.05) is 40.5 Å². The first-order chi connectivity index (χ1) is 9.71. The van der Waals surface area contributed by atoms with E-state index in [9.17, 15) is 0 Å². The van der Waals surface area contributed by atoms with Crippen LogP contribution in [0.25, 0.3) is 10.2 Å². The van der Waals surface area contributed by atoms with Crippen molar-refractivity contribution in [2.24, 2.45) is 0 Å². The quantitative estimate of drug-likeness (QED) is 0.837. The maximum atomic E-state index is 4.53. The smallest absolute Gasteiger partial charge is 0.223 e. The largest absolute Gasteiger partial charge is 0.357 e. The van der Waals surface area contributed by atoms with Crippen LogP contribution >= 0.6 is 11.3 Å². The van der Waals surface area contributed by atoms with E-state index in [1.165, 1.54) is 35.1 Å². The molecule has 0 saturated carbocycles. The maximum Gasteiger partial charge on any atom is 0.223 e. The van der Waals surface area contributed by atoms with Crippen LogP contribution in [0.4, 0.5) is 5.95 Å². The van der Waals surface area contributed by atoms with Gasteiger partial charge in [0.05, 0.1) is 0 Å². The molecule has 1 N–H and O–H groups in total. The third kappa shape index (κ3) is 4.17. The zero-order valence-electron chi connectivity index (χ0n) is 13.4. The van der Waals surface area contributed by atoms with E-state index in [4.69, 9.17) is 0 Å². The molecule has 0 aromatic carbocycles. The lowest BCUT2D eigenvalue weighted by Crippen LogP contribution is -1.95. The zero-order chi connectivity index (χ0) is 15.0. The molecule has 0 aliphatic heterocycles. The minimum atomic E-state index is 0.712. The molecule has 20 heavy (non-hydrogen) atoms. The lowest BCUT2D eigenvalue weighted by Gasteiger charge is -2.01. The van der Waals surface area contributed by atoms with E-state index in [1.807, 2.05) is 24.6 Å². The SMILES string of the molecule is CCC.CCCCc1c(CC)sc2nc(NC)ncc12. The van der Waals surface area contributed by atoms with Crippen molar-refractivity contribution in [3.8, 4) is 0 Å². The average Bonchev–Trinajstić information content (AvgIpc) is 2.82. The van der Waals surface area contributed by atoms with Gasteiger partial charge in [0.15, 0.2) is 0 Å². The van der Waals surface area contributed by atoms with Gasteiger partial charge in [-0.15, -0.1) is 11.3 Å². The van der Waals surface area contributed by atoms with E-state index in [2.05, 4.69) is 43.0 Å². The van der Waals surface area contributed by atoms with E-state index in [1.54, 1.807) is 0 Å². The van der Waals surface area contributed by atoms with Crippen molar-refractivity contribution in [2.45, 2.75) is 59.8 Å². The summed E-state index contributed by atoms with van der Waals surface area (Å²) in [5.74, 6) is 0.712. The summed E-state index contributed by atoms with van der Waals surface area (Å²) in [6, 6.07) is 0. The number of thiophene rings is 1. The fraction of sp³-hybridized carbons (Fsp3) is 0.625. The zero-order valence-corrected chi connectivity index (χ0v) is 14.2. The van der Waals surface area contributed by atoms with Crippen molar-refractivity contribution in [1.82, 2.24) is 9.97 Å². The number of rotatable bonds is 5. The topological polar surface area (TPSA) is 37.8 Å². The number of hydrogen-bond donors (Lipinski definition) is 1. The summed E-state index contributed by atoms with van der Waals surface area (Å²) in [7, 11) is 1.85. The number of fused-ring (bicyclic) bond motifs is 1. The minimum Gasteiger partial charge on any atom is -0.357 e. The van der Waals surface area contributed by atoms with Crippen LogP contribution in [0.1, 0.15) is 57.4 Å². The van der Waals surface area contributed by atoms with Crippen LogP contribution in [-0.4, -0.2) is 17.0 Å². The van der Waals surface area contributed by atoms with Gasteiger partial charge in [-0.3, -0.25) is 0 Å². The van der Waals surface area contributed by atoms with Crippen LogP contribution in [0, 0.1) is 0 Å². The molecule has 0 unspecified atom stereocenters. The van der Waals surface area contributed by atoms with Crippen molar-refractivity contribution in [3.63, 3.8) is 0 Å². The average molecular weight is 293 g/mol. The molecule has 0 spiro atoms. The first kappa shape index (κ1) is 16.9. The Kier molecular flexibility index (Phi) is 7.52. The summed E-state index contributed by atoms with van der Waals surface area (Å²) in [6.45, 7) is 8.70. The highest BCUT2D eigenvalue weighted by molar-refractivity contribution is 7.18. The van der Waals surface area contributed by atoms with Gasteiger partial charge in [0.2, 0.25) is 5.95 Å². The molecule has 2 aromatic rings. The molecule has 0 bridgehead atoms. The van der Waals surface area contributed by atoms with Crippen LogP contribution in [0.2, 0.25) is 0 Å². The number of aromatic nitrogens is 2. The summed E-state index contributed by atoms with van der Waals surface area (Å²) in [5, 5.41) is 4.24. The van der Waals surface area contributed by atoms with Gasteiger partial charge in [-0.2, -0.15) is 0 Å². The van der Waals surface area contributed by atoms with Gasteiger partial charge in [0.25, 0.3) is 0 Å². The van der Waals surface area contributed by atoms with E-state index >= 15 is 0 Å². The second-order valence-corrected chi connectivity index (χ2v) is 5.91. The van der Waals surface area contributed by atoms with E-state index in [0.717, 1.165) is 17.7 Å². The molecule has 3 nitrogen and oxygen atoms in total. The predicted octanol–water partition coefficient (Wildman–Crippen LogP) is 5.05. The highest BCUT2D eigenvalue weighted by atomic mass is 32.1. The Labute approximate surface area is 126 Å². The number of anilines is 1. The normalized spacial score (nSPS) is 10.2. The number of nitrogens with one attached hydrogen (secondary N) is 1. The molecule has 0 amide bonds. The minimum absolute atomic E-state index is 0.712. The summed E-state index contributed by atoms with van der Waals surface area (Å²) in [4.78, 5) is 11.4. The van der Waals surface area contributed by atoms with Crippen molar-refractivity contribution in [3.05, 3.63) is 16.6 Å². The summed E-state index contributed by atoms with van der Waals surface area (Å²) >= 11 is 1.81. The van der Waals surface area contributed by atoms with E-state index in [-0.39, 0.29) is 0 Å². The Morgan fingerprint density at radius 2 is 1.90 bits per heavy atom. The highest BCUT2D eigenvalue weighted by Crippen LogP contribution is 2.31. The molecule has 0 atom stereocenters. The van der Waals surface area contributed by atoms with Crippen LogP contribution in [0.15, 0.2) is 6.20 Å². The first-order valence-electron chi connectivity index (χ1n) is 7.66. The number of unbranched alkanes of at least 4 members (excludes halogenated alkanes) is 1. The molecular formula is C16H27N3S. The third-order valence-electron chi connectivity index (χ3n) is 2.96. The number of aryl methyl sites for hydroxylation is 2. The first-order valence-corrected chi connectivity index (χ1v) is 8.48. The molecule has 2 rings (SSSR count). The van der Waals surface area contributed by atoms with Crippen LogP contribution in [0.5, 0.6) is 0 Å². The molecule has 4 heteroatoms. The predicted molar refractivity (Wildman–Crippen MR) is 90.9 cm³/mol. The number of hydrogen-bond acceptors (Lipinski definition) is 4. The fourth-order valence-corrected chi connectivity index (χ4v) is 3.14. The molecule has 0 aliphatic carbocycles. The van der Waals surface area contributed by atoms with Crippen molar-refractivity contribution >= 4 is 27.5 Å². The van der Waals surface area contributed by atoms with Crippen LogP contribution in [0.3, 0.4) is 0 Å². The Morgan fingerprint density at radius 3 is 2.45 bits per heavy atom. The van der Waals surface area contributed by atoms with Gasteiger partial charge in [0.1, 0.15) is 4.83 Å². The van der Waals surface area contributed by atoms with Crippen molar-refractivity contribution in [1.29, 1.82) is 0 Å². The summed E-state index contributed by atoms with van der Waals surface area (Å²) in [6.07, 6.45) is 7.94. The molecule has 0 saturated heterocycles. The number of nitrogens with zero attached hydrogens (tertiary/aromatic N) is 2. The van der Waals surface area contributed by atoms with Gasteiger partial charge in [0, 0.05) is 23.5 Å². The van der Waals surface area contributed by atoms with Crippen LogP contribution < -0.4 is 5.32 Å². The summed E-state index contributed by atoms with van der Waals surface area (Å²) in [5.41, 5.74) is 1.47.